The Bertz CT molecular complexity index is 30.0. The van der Waals surface area contributed by atoms with Crippen molar-refractivity contribution in [2.24, 2.45) is 0 Å². The molecule has 0 amide bonds. The van der Waals surface area contributed by atoms with Gasteiger partial charge in [0.05, 0.1) is 6.30 Å². The maximum absolute atomic E-state index is 10.9. The highest BCUT2D eigenvalue weighted by Gasteiger charge is 1.99. The Hall–Kier alpha value is 0.00688. The molecule has 4 heteroatoms. The van der Waals surface area contributed by atoms with E-state index in [4.69, 9.17) is 0 Å². The van der Waals surface area contributed by atoms with Crippen LogP contribution >= 0.6 is 0 Å². The first kappa shape index (κ1) is 6.01. The molecule has 6 heavy (non-hydrogen) atoms. The van der Waals surface area contributed by atoms with Crippen LogP contribution in [0.25, 0.3) is 0 Å². The van der Waals surface area contributed by atoms with Crippen LogP contribution in [0.3, 0.4) is 0 Å². The van der Waals surface area contributed by atoms with Gasteiger partial charge in [0, 0.05) is 0 Å². The third-order valence-corrected chi connectivity index (χ3v) is 0.982. The first-order valence-corrected chi connectivity index (χ1v) is 3.43. The zero-order valence-corrected chi connectivity index (χ0v) is 4.54. The van der Waals surface area contributed by atoms with Crippen LogP contribution in [0.5, 0.6) is 0 Å². The van der Waals surface area contributed by atoms with Gasteiger partial charge >= 0.3 is 0 Å². The monoisotopic (exact) mass is 114 g/mol. The minimum Gasteiger partial charge on any atom is -0.255 e. The summed E-state index contributed by atoms with van der Waals surface area (Å²) in [7, 11) is -1.64. The molecule has 0 radical (unpaired) electrons. The number of hydrogen-bond donors (Lipinski definition) is 0. The van der Waals surface area contributed by atoms with Crippen molar-refractivity contribution < 1.29 is 13.2 Å². The van der Waals surface area contributed by atoms with Crippen molar-refractivity contribution in [2.45, 2.75) is 6.05 Å². The topological polar surface area (TPSA) is 0 Å². The molecule has 0 N–H and O–H groups in total. The molecule has 0 aliphatic heterocycles. The van der Waals surface area contributed by atoms with E-state index in [0.29, 0.717) is 0 Å². The zero-order chi connectivity index (χ0) is 4.99. The second kappa shape index (κ2) is 3.21. The smallest absolute Gasteiger partial charge is 0.217 e. The van der Waals surface area contributed by atoms with Crippen molar-refractivity contribution in [3.8, 4) is 0 Å². The van der Waals surface area contributed by atoms with E-state index in [1.54, 1.807) is 0 Å². The molecule has 0 aromatic heterocycles. The molecule has 0 saturated carbocycles. The largest absolute Gasteiger partial charge is 0.255 e. The van der Waals surface area contributed by atoms with Crippen LogP contribution in [-0.2, 0) is 0 Å². The van der Waals surface area contributed by atoms with Crippen LogP contribution in [0.1, 0.15) is 0 Å². The minimum atomic E-state index is -2.34. The fraction of sp³-hybridized carbons (Fsp3) is 1.00. The quantitative estimate of drug-likeness (QED) is 0.453. The molecule has 0 unspecified atom stereocenters. The van der Waals surface area contributed by atoms with Crippen LogP contribution in [0.2, 0.25) is 0 Å². The molecule has 0 aromatic rings. The second-order valence-electron chi connectivity index (χ2n) is 0.869. The number of halogens is 3. The third-order valence-electron chi connectivity index (χ3n) is 0.327. The Balaban J connectivity index is 2.63. The molecule has 0 aliphatic carbocycles. The van der Waals surface area contributed by atoms with Crippen molar-refractivity contribution in [1.29, 1.82) is 0 Å². The zero-order valence-electron chi connectivity index (χ0n) is 3.13. The van der Waals surface area contributed by atoms with Gasteiger partial charge in [-0.3, -0.25) is 4.39 Å². The summed E-state index contributed by atoms with van der Waals surface area (Å²) in [6.45, 7) is 0. The second-order valence-corrected chi connectivity index (χ2v) is 2.44. The van der Waals surface area contributed by atoms with E-state index in [9.17, 15) is 13.2 Å². The average Bonchev–Trinajstić information content (AvgIpc) is 1.35. The highest BCUT2D eigenvalue weighted by Crippen LogP contribution is 1.86. The summed E-state index contributed by atoms with van der Waals surface area (Å²) in [5.41, 5.74) is 0. The van der Waals surface area contributed by atoms with E-state index >= 15 is 0 Å². The van der Waals surface area contributed by atoms with E-state index in [-0.39, 0.29) is 0 Å². The SMILES string of the molecule is FC[SiH2]C(F)F. The van der Waals surface area contributed by atoms with Crippen molar-refractivity contribution in [2.75, 3.05) is 6.30 Å². The highest BCUT2D eigenvalue weighted by molar-refractivity contribution is 6.36. The fourth-order valence-electron chi connectivity index (χ4n) is 0.0825. The third kappa shape index (κ3) is 4.01. The van der Waals surface area contributed by atoms with Crippen LogP contribution in [0.4, 0.5) is 13.2 Å². The molecule has 38 valence electrons. The van der Waals surface area contributed by atoms with Crippen LogP contribution in [-0.4, -0.2) is 21.9 Å². The van der Waals surface area contributed by atoms with Gasteiger partial charge in [-0.2, -0.15) is 0 Å². The first-order valence-electron chi connectivity index (χ1n) is 1.61. The van der Waals surface area contributed by atoms with Gasteiger partial charge in [0.25, 0.3) is 0 Å². The Morgan fingerprint density at radius 1 is 1.50 bits per heavy atom. The van der Waals surface area contributed by atoms with E-state index in [2.05, 4.69) is 0 Å². The van der Waals surface area contributed by atoms with Crippen molar-refractivity contribution >= 4 is 9.52 Å². The molecule has 0 fully saturated rings. The van der Waals surface area contributed by atoms with Gasteiger partial charge in [-0.05, 0) is 0 Å². The van der Waals surface area contributed by atoms with Gasteiger partial charge < -0.3 is 0 Å². The van der Waals surface area contributed by atoms with Gasteiger partial charge in [0.15, 0.2) is 0 Å². The maximum Gasteiger partial charge on any atom is 0.217 e. The van der Waals surface area contributed by atoms with Gasteiger partial charge in [-0.25, -0.2) is 8.78 Å². The van der Waals surface area contributed by atoms with Crippen molar-refractivity contribution in [1.82, 2.24) is 0 Å². The van der Waals surface area contributed by atoms with Gasteiger partial charge in [0.2, 0.25) is 6.05 Å². The van der Waals surface area contributed by atoms with E-state index in [0.717, 1.165) is 0 Å². The lowest BCUT2D eigenvalue weighted by atomic mass is 11.7. The molecule has 0 aliphatic rings. The lowest BCUT2D eigenvalue weighted by Gasteiger charge is -1.84. The lowest BCUT2D eigenvalue weighted by molar-refractivity contribution is 0.235. The number of alkyl halides is 3. The van der Waals surface area contributed by atoms with Crippen molar-refractivity contribution in [3.63, 3.8) is 0 Å². The van der Waals surface area contributed by atoms with Crippen LogP contribution in [0.15, 0.2) is 0 Å². The summed E-state index contributed by atoms with van der Waals surface area (Å²) in [5, 5.41) is 0. The summed E-state index contributed by atoms with van der Waals surface area (Å²) in [4.78, 5) is 0. The molecule has 0 aromatic carbocycles. The molecular formula is C2H5F3Si. The number of rotatable bonds is 2. The average molecular weight is 114 g/mol. The Kier molecular flexibility index (Phi) is 3.21. The molecule has 0 atom stereocenters. The van der Waals surface area contributed by atoms with Gasteiger partial charge in [-0.15, -0.1) is 0 Å². The Morgan fingerprint density at radius 3 is 2.00 bits per heavy atom. The summed E-state index contributed by atoms with van der Waals surface area (Å²) in [6, 6.07) is -2.34. The predicted octanol–water partition coefficient (Wildman–Crippen LogP) is 0.305. The molecule has 0 rings (SSSR count). The Morgan fingerprint density at radius 2 is 2.00 bits per heavy atom. The summed E-state index contributed by atoms with van der Waals surface area (Å²) in [5.74, 6) is 0. The fourth-order valence-corrected chi connectivity index (χ4v) is 0.247. The molecule has 0 saturated heterocycles. The van der Waals surface area contributed by atoms with E-state index < -0.39 is 21.9 Å². The number of hydrogen-bond acceptors (Lipinski definition) is 0. The highest BCUT2D eigenvalue weighted by atomic mass is 28.2. The first-order chi connectivity index (χ1) is 2.77. The summed E-state index contributed by atoms with van der Waals surface area (Å²) in [6.07, 6.45) is -0.780. The lowest BCUT2D eigenvalue weighted by Crippen LogP contribution is -2.05. The minimum absolute atomic E-state index is 0.780. The van der Waals surface area contributed by atoms with Crippen LogP contribution < -0.4 is 0 Å². The summed E-state index contributed by atoms with van der Waals surface area (Å²) < 4.78 is 32.5. The molecule has 0 heterocycles. The van der Waals surface area contributed by atoms with E-state index in [1.165, 1.54) is 0 Å². The normalized spacial score (nSPS) is 12.0. The molecular weight excluding hydrogens is 109 g/mol. The van der Waals surface area contributed by atoms with Gasteiger partial charge in [-0.1, -0.05) is 0 Å². The van der Waals surface area contributed by atoms with Gasteiger partial charge in [0.1, 0.15) is 9.52 Å². The standard InChI is InChI=1S/C2H5F3Si/c3-1-6-2(4)5/h2H,1,6H2. The molecule has 0 bridgehead atoms. The van der Waals surface area contributed by atoms with E-state index in [1.807, 2.05) is 0 Å². The van der Waals surface area contributed by atoms with Crippen molar-refractivity contribution in [3.05, 3.63) is 0 Å². The Labute approximate surface area is 36.2 Å². The van der Waals surface area contributed by atoms with Crippen LogP contribution in [0, 0.1) is 0 Å². The predicted molar refractivity (Wildman–Crippen MR) is 20.5 cm³/mol. The maximum atomic E-state index is 10.9. The molecule has 0 spiro atoms. The molecule has 0 nitrogen and oxygen atoms in total. The summed E-state index contributed by atoms with van der Waals surface area (Å²) >= 11 is 0.